The minimum atomic E-state index is -0.492. The molecule has 1 amide bonds. The summed E-state index contributed by atoms with van der Waals surface area (Å²) in [6.07, 6.45) is 0. The fraction of sp³-hybridized carbons (Fsp3) is 0.263. The zero-order valence-electron chi connectivity index (χ0n) is 13.9. The summed E-state index contributed by atoms with van der Waals surface area (Å²) in [5.41, 5.74) is 3.88. The topological polar surface area (TPSA) is 55.4 Å². The average Bonchev–Trinajstić information content (AvgIpc) is 2.55. The summed E-state index contributed by atoms with van der Waals surface area (Å²) >= 11 is 2.06. The first-order valence-corrected chi connectivity index (χ1v) is 8.74. The molecule has 0 saturated carbocycles. The van der Waals surface area contributed by atoms with E-state index < -0.39 is 5.97 Å². The molecule has 0 aliphatic rings. The molecular weight excluding hydrogens is 417 g/mol. The van der Waals surface area contributed by atoms with Crippen LogP contribution in [-0.4, -0.2) is 18.5 Å². The van der Waals surface area contributed by atoms with E-state index in [0.717, 1.165) is 9.13 Å². The van der Waals surface area contributed by atoms with Gasteiger partial charge in [-0.25, -0.2) is 4.79 Å². The van der Waals surface area contributed by atoms with Gasteiger partial charge in [0.1, 0.15) is 0 Å². The van der Waals surface area contributed by atoms with E-state index in [2.05, 4.69) is 34.0 Å². The summed E-state index contributed by atoms with van der Waals surface area (Å²) in [4.78, 5) is 24.0. The number of esters is 1. The van der Waals surface area contributed by atoms with Crippen LogP contribution in [0.15, 0.2) is 42.5 Å². The summed E-state index contributed by atoms with van der Waals surface area (Å²) in [6, 6.07) is 13.0. The number of benzene rings is 2. The number of hydrogen-bond acceptors (Lipinski definition) is 3. The minimum Gasteiger partial charge on any atom is -0.452 e. The average molecular weight is 437 g/mol. The zero-order chi connectivity index (χ0) is 17.7. The van der Waals surface area contributed by atoms with Crippen LogP contribution in [0.2, 0.25) is 0 Å². The summed E-state index contributed by atoms with van der Waals surface area (Å²) in [5, 5.41) is 2.85. The normalized spacial score (nSPS) is 11.7. The molecule has 1 atom stereocenters. The van der Waals surface area contributed by atoms with Gasteiger partial charge in [-0.15, -0.1) is 0 Å². The second-order valence-corrected chi connectivity index (χ2v) is 6.85. The molecular formula is C19H20INO3. The molecule has 0 aliphatic carbocycles. The van der Waals surface area contributed by atoms with Gasteiger partial charge in [-0.05, 0) is 72.2 Å². The van der Waals surface area contributed by atoms with E-state index >= 15 is 0 Å². The third-order valence-corrected chi connectivity index (χ3v) is 4.78. The van der Waals surface area contributed by atoms with Crippen LogP contribution in [0.3, 0.4) is 0 Å². The first-order valence-electron chi connectivity index (χ1n) is 7.66. The predicted octanol–water partition coefficient (Wildman–Crippen LogP) is 3.94. The Morgan fingerprint density at radius 1 is 1.12 bits per heavy atom. The Labute approximate surface area is 155 Å². The highest BCUT2D eigenvalue weighted by atomic mass is 127. The van der Waals surface area contributed by atoms with Crippen LogP contribution < -0.4 is 5.32 Å². The Hall–Kier alpha value is -1.89. The molecule has 0 heterocycles. The number of nitrogens with one attached hydrogen (secondary N) is 1. The molecule has 2 aromatic rings. The van der Waals surface area contributed by atoms with Gasteiger partial charge in [0.2, 0.25) is 0 Å². The molecule has 1 N–H and O–H groups in total. The van der Waals surface area contributed by atoms with Crippen LogP contribution in [0.1, 0.15) is 40.0 Å². The number of carbonyl (C=O) groups excluding carboxylic acids is 2. The van der Waals surface area contributed by atoms with Crippen molar-refractivity contribution in [1.29, 1.82) is 0 Å². The van der Waals surface area contributed by atoms with Crippen LogP contribution in [0, 0.1) is 17.4 Å². The molecule has 1 unspecified atom stereocenters. The lowest BCUT2D eigenvalue weighted by molar-refractivity contribution is -0.124. The highest BCUT2D eigenvalue weighted by Gasteiger charge is 2.15. The maximum absolute atomic E-state index is 12.0. The van der Waals surface area contributed by atoms with Crippen molar-refractivity contribution in [1.82, 2.24) is 5.32 Å². The first kappa shape index (κ1) is 18.4. The quantitative estimate of drug-likeness (QED) is 0.570. The molecule has 2 aromatic carbocycles. The maximum atomic E-state index is 12.0. The number of hydrogen-bond donors (Lipinski definition) is 1. The monoisotopic (exact) mass is 437 g/mol. The van der Waals surface area contributed by atoms with Crippen molar-refractivity contribution >= 4 is 34.5 Å². The molecule has 0 aromatic heterocycles. The fourth-order valence-corrected chi connectivity index (χ4v) is 2.84. The van der Waals surface area contributed by atoms with E-state index in [1.54, 1.807) is 12.1 Å². The van der Waals surface area contributed by atoms with Crippen LogP contribution in [0.5, 0.6) is 0 Å². The van der Waals surface area contributed by atoms with Gasteiger partial charge in [0.25, 0.3) is 5.91 Å². The summed E-state index contributed by atoms with van der Waals surface area (Å²) < 4.78 is 5.89. The van der Waals surface area contributed by atoms with E-state index in [4.69, 9.17) is 4.74 Å². The Bertz CT molecular complexity index is 758. The second kappa shape index (κ2) is 8.28. The Balaban J connectivity index is 1.90. The van der Waals surface area contributed by atoms with Crippen molar-refractivity contribution < 1.29 is 14.3 Å². The molecule has 0 spiro atoms. The summed E-state index contributed by atoms with van der Waals surface area (Å²) in [7, 11) is 0. The number of amides is 1. The number of aryl methyl sites for hydroxylation is 2. The van der Waals surface area contributed by atoms with E-state index in [1.165, 1.54) is 11.1 Å². The molecule has 4 nitrogen and oxygen atoms in total. The van der Waals surface area contributed by atoms with E-state index in [-0.39, 0.29) is 18.6 Å². The van der Waals surface area contributed by atoms with Crippen molar-refractivity contribution in [3.05, 3.63) is 68.3 Å². The molecule has 0 fully saturated rings. The SMILES string of the molecule is Cc1ccc(C(C)NC(=O)COC(=O)c2ccccc2I)cc1C. The lowest BCUT2D eigenvalue weighted by Crippen LogP contribution is -2.31. The van der Waals surface area contributed by atoms with E-state index in [1.807, 2.05) is 45.0 Å². The molecule has 126 valence electrons. The summed E-state index contributed by atoms with van der Waals surface area (Å²) in [5.74, 6) is -0.811. The highest BCUT2D eigenvalue weighted by Crippen LogP contribution is 2.17. The largest absolute Gasteiger partial charge is 0.452 e. The number of halogens is 1. The summed E-state index contributed by atoms with van der Waals surface area (Å²) in [6.45, 7) is 5.70. The molecule has 0 radical (unpaired) electrons. The van der Waals surface area contributed by atoms with Gasteiger partial charge in [0.15, 0.2) is 6.61 Å². The molecule has 0 saturated heterocycles. The number of ether oxygens (including phenoxy) is 1. The van der Waals surface area contributed by atoms with Crippen LogP contribution in [0.4, 0.5) is 0 Å². The van der Waals surface area contributed by atoms with E-state index in [0.29, 0.717) is 5.56 Å². The molecule has 0 aliphatic heterocycles. The molecule has 5 heteroatoms. The van der Waals surface area contributed by atoms with Crippen molar-refractivity contribution in [2.75, 3.05) is 6.61 Å². The zero-order valence-corrected chi connectivity index (χ0v) is 16.1. The van der Waals surface area contributed by atoms with E-state index in [9.17, 15) is 9.59 Å². The van der Waals surface area contributed by atoms with Gasteiger partial charge in [-0.2, -0.15) is 0 Å². The Morgan fingerprint density at radius 2 is 1.83 bits per heavy atom. The van der Waals surface area contributed by atoms with Gasteiger partial charge < -0.3 is 10.1 Å². The lowest BCUT2D eigenvalue weighted by atomic mass is 10.0. The molecule has 0 bridgehead atoms. The third kappa shape index (κ3) is 4.80. The van der Waals surface area contributed by atoms with Gasteiger partial charge in [0, 0.05) is 3.57 Å². The van der Waals surface area contributed by atoms with Gasteiger partial charge >= 0.3 is 5.97 Å². The van der Waals surface area contributed by atoms with Crippen LogP contribution in [-0.2, 0) is 9.53 Å². The van der Waals surface area contributed by atoms with Crippen molar-refractivity contribution in [3.63, 3.8) is 0 Å². The standard InChI is InChI=1S/C19H20INO3/c1-12-8-9-15(10-13(12)2)14(3)21-18(22)11-24-19(23)16-6-4-5-7-17(16)20/h4-10,14H,11H2,1-3H3,(H,21,22). The van der Waals surface area contributed by atoms with Crippen LogP contribution in [0.25, 0.3) is 0 Å². The first-order chi connectivity index (χ1) is 11.4. The predicted molar refractivity (Wildman–Crippen MR) is 102 cm³/mol. The molecule has 2 rings (SSSR count). The Morgan fingerprint density at radius 3 is 2.50 bits per heavy atom. The van der Waals surface area contributed by atoms with Crippen LogP contribution >= 0.6 is 22.6 Å². The smallest absolute Gasteiger partial charge is 0.339 e. The van der Waals surface area contributed by atoms with Gasteiger partial charge in [-0.1, -0.05) is 30.3 Å². The maximum Gasteiger partial charge on any atom is 0.339 e. The fourth-order valence-electron chi connectivity index (χ4n) is 2.24. The molecule has 24 heavy (non-hydrogen) atoms. The van der Waals surface area contributed by atoms with Crippen molar-refractivity contribution in [3.8, 4) is 0 Å². The van der Waals surface area contributed by atoms with Crippen molar-refractivity contribution in [2.45, 2.75) is 26.8 Å². The minimum absolute atomic E-state index is 0.146. The number of rotatable bonds is 5. The Kier molecular flexibility index (Phi) is 6.36. The second-order valence-electron chi connectivity index (χ2n) is 5.69. The van der Waals surface area contributed by atoms with Gasteiger partial charge in [0.05, 0.1) is 11.6 Å². The lowest BCUT2D eigenvalue weighted by Gasteiger charge is -2.16. The number of carbonyl (C=O) groups is 2. The van der Waals surface area contributed by atoms with Gasteiger partial charge in [-0.3, -0.25) is 4.79 Å². The van der Waals surface area contributed by atoms with Crippen molar-refractivity contribution in [2.24, 2.45) is 0 Å². The highest BCUT2D eigenvalue weighted by molar-refractivity contribution is 14.1. The third-order valence-electron chi connectivity index (χ3n) is 3.84.